The van der Waals surface area contributed by atoms with Crippen LogP contribution in [0.4, 0.5) is 4.79 Å². The number of amides is 2. The summed E-state index contributed by atoms with van der Waals surface area (Å²) in [6, 6.07) is 16.3. The highest BCUT2D eigenvalue weighted by Gasteiger charge is 2.29. The molecule has 0 bridgehead atoms. The molecule has 1 unspecified atom stereocenters. The van der Waals surface area contributed by atoms with E-state index in [4.69, 9.17) is 9.84 Å². The maximum Gasteiger partial charge on any atom is 0.407 e. The highest BCUT2D eigenvalue weighted by molar-refractivity contribution is 5.88. The van der Waals surface area contributed by atoms with Crippen LogP contribution in [0.2, 0.25) is 0 Å². The summed E-state index contributed by atoms with van der Waals surface area (Å²) in [5.41, 5.74) is 4.65. The fraction of sp³-hybridized carbons (Fsp3) is 0.320. The summed E-state index contributed by atoms with van der Waals surface area (Å²) in [7, 11) is 0. The highest BCUT2D eigenvalue weighted by atomic mass is 16.5. The van der Waals surface area contributed by atoms with E-state index in [9.17, 15) is 14.4 Å². The lowest BCUT2D eigenvalue weighted by molar-refractivity contribution is -0.138. The molecule has 32 heavy (non-hydrogen) atoms. The van der Waals surface area contributed by atoms with Crippen LogP contribution < -0.4 is 5.32 Å². The monoisotopic (exact) mass is 434 g/mol. The third-order valence-corrected chi connectivity index (χ3v) is 6.03. The number of carbonyl (C=O) groups is 3. The molecule has 0 radical (unpaired) electrons. The average molecular weight is 434 g/mol. The fourth-order valence-electron chi connectivity index (χ4n) is 4.50. The van der Waals surface area contributed by atoms with Gasteiger partial charge in [0, 0.05) is 38.0 Å². The summed E-state index contributed by atoms with van der Waals surface area (Å²) in [5.74, 6) is -1.01. The van der Waals surface area contributed by atoms with E-state index < -0.39 is 12.1 Å². The molecule has 1 aliphatic heterocycles. The van der Waals surface area contributed by atoms with Gasteiger partial charge in [-0.05, 0) is 34.6 Å². The maximum atomic E-state index is 12.2. The molecule has 2 aromatic rings. The topological polar surface area (TPSA) is 95.9 Å². The van der Waals surface area contributed by atoms with E-state index in [1.807, 2.05) is 24.3 Å². The van der Waals surface area contributed by atoms with Gasteiger partial charge in [0.15, 0.2) is 0 Å². The highest BCUT2D eigenvalue weighted by Crippen LogP contribution is 2.44. The van der Waals surface area contributed by atoms with Gasteiger partial charge in [0.1, 0.15) is 6.61 Å². The minimum absolute atomic E-state index is 0.000755. The zero-order valence-electron chi connectivity index (χ0n) is 17.7. The van der Waals surface area contributed by atoms with E-state index in [2.05, 4.69) is 29.6 Å². The number of aliphatic carboxylic acids is 1. The van der Waals surface area contributed by atoms with Gasteiger partial charge in [0.2, 0.25) is 5.91 Å². The first-order valence-corrected chi connectivity index (χ1v) is 10.8. The smallest absolute Gasteiger partial charge is 0.407 e. The lowest BCUT2D eigenvalue weighted by atomic mass is 9.98. The van der Waals surface area contributed by atoms with E-state index in [1.54, 1.807) is 11.0 Å². The average Bonchev–Trinajstić information content (AvgIpc) is 3.37. The number of fused-ring (bicyclic) bond motifs is 3. The number of hydrogen-bond acceptors (Lipinski definition) is 4. The zero-order chi connectivity index (χ0) is 22.5. The van der Waals surface area contributed by atoms with Gasteiger partial charge in [0.25, 0.3) is 0 Å². The van der Waals surface area contributed by atoms with Crippen molar-refractivity contribution in [3.8, 4) is 11.1 Å². The number of hydrogen-bond donors (Lipinski definition) is 2. The van der Waals surface area contributed by atoms with Crippen molar-refractivity contribution in [2.24, 2.45) is 5.92 Å². The first-order valence-electron chi connectivity index (χ1n) is 10.8. The summed E-state index contributed by atoms with van der Waals surface area (Å²) in [6.07, 6.45) is 3.23. The van der Waals surface area contributed by atoms with Crippen molar-refractivity contribution < 1.29 is 24.2 Å². The Bertz CT molecular complexity index is 1000. The van der Waals surface area contributed by atoms with Crippen LogP contribution in [-0.4, -0.2) is 54.2 Å². The molecule has 1 aliphatic carbocycles. The largest absolute Gasteiger partial charge is 0.481 e. The molecule has 1 saturated heterocycles. The number of likely N-dealkylation sites (tertiary alicyclic amines) is 1. The van der Waals surface area contributed by atoms with Gasteiger partial charge in [-0.25, -0.2) is 4.79 Å². The molecule has 7 heteroatoms. The zero-order valence-corrected chi connectivity index (χ0v) is 17.7. The number of benzene rings is 2. The molecule has 4 rings (SSSR count). The number of nitrogens with zero attached hydrogens (tertiary/aromatic N) is 1. The standard InChI is InChI=1S/C25H26N2O5/c28-23(27-13-11-17(15-27)14-24(29)30)10-5-12-26-25(31)32-16-22-20-8-3-1-6-18(20)19-7-2-4-9-21(19)22/h1-10,17,22H,11-16H2,(H,26,31)(H,29,30)/b10-5+. The van der Waals surface area contributed by atoms with Crippen molar-refractivity contribution >= 4 is 18.0 Å². The first-order chi connectivity index (χ1) is 15.5. The molecule has 2 aromatic carbocycles. The van der Waals surface area contributed by atoms with Crippen LogP contribution in [0.5, 0.6) is 0 Å². The van der Waals surface area contributed by atoms with E-state index in [-0.39, 0.29) is 37.3 Å². The SMILES string of the molecule is O=C(O)CC1CCN(C(=O)/C=C/CNC(=O)OCC2c3ccccc3-c3ccccc32)C1. The molecule has 0 saturated carbocycles. The van der Waals surface area contributed by atoms with Crippen LogP contribution in [0.3, 0.4) is 0 Å². The van der Waals surface area contributed by atoms with Crippen LogP contribution in [0.1, 0.15) is 29.9 Å². The Hall–Kier alpha value is -3.61. The van der Waals surface area contributed by atoms with Gasteiger partial charge in [-0.1, -0.05) is 54.6 Å². The van der Waals surface area contributed by atoms with Crippen LogP contribution in [0.15, 0.2) is 60.7 Å². The van der Waals surface area contributed by atoms with E-state index in [1.165, 1.54) is 17.2 Å². The molecule has 1 atom stereocenters. The fourth-order valence-corrected chi connectivity index (χ4v) is 4.50. The van der Waals surface area contributed by atoms with Crippen LogP contribution in [0.25, 0.3) is 11.1 Å². The minimum atomic E-state index is -0.841. The molecule has 0 spiro atoms. The molecule has 2 amide bonds. The lowest BCUT2D eigenvalue weighted by Crippen LogP contribution is -2.28. The van der Waals surface area contributed by atoms with E-state index in [0.29, 0.717) is 19.5 Å². The molecule has 2 N–H and O–H groups in total. The number of alkyl carbamates (subject to hydrolysis) is 1. The van der Waals surface area contributed by atoms with Gasteiger partial charge < -0.3 is 20.1 Å². The van der Waals surface area contributed by atoms with Gasteiger partial charge in [-0.3, -0.25) is 9.59 Å². The van der Waals surface area contributed by atoms with Gasteiger partial charge >= 0.3 is 12.1 Å². The second kappa shape index (κ2) is 9.68. The summed E-state index contributed by atoms with van der Waals surface area (Å²) in [6.45, 7) is 1.42. The Morgan fingerprint density at radius 3 is 2.38 bits per heavy atom. The summed E-state index contributed by atoms with van der Waals surface area (Å²) in [4.78, 5) is 36.8. The predicted molar refractivity (Wildman–Crippen MR) is 119 cm³/mol. The van der Waals surface area contributed by atoms with Gasteiger partial charge in [-0.15, -0.1) is 0 Å². The van der Waals surface area contributed by atoms with E-state index >= 15 is 0 Å². The van der Waals surface area contributed by atoms with Crippen molar-refractivity contribution in [1.29, 1.82) is 0 Å². The Balaban J connectivity index is 1.23. The third kappa shape index (κ3) is 4.82. The molecule has 1 fully saturated rings. The second-order valence-electron chi connectivity index (χ2n) is 8.15. The Morgan fingerprint density at radius 2 is 1.72 bits per heavy atom. The number of carboxylic acids is 1. The van der Waals surface area contributed by atoms with Crippen LogP contribution in [-0.2, 0) is 14.3 Å². The van der Waals surface area contributed by atoms with Gasteiger partial charge in [0.05, 0.1) is 0 Å². The minimum Gasteiger partial charge on any atom is -0.481 e. The summed E-state index contributed by atoms with van der Waals surface area (Å²) >= 11 is 0. The van der Waals surface area contributed by atoms with Gasteiger partial charge in [-0.2, -0.15) is 0 Å². The van der Waals surface area contributed by atoms with E-state index in [0.717, 1.165) is 11.1 Å². The number of carboxylic acid groups (broad SMARTS) is 1. The van der Waals surface area contributed by atoms with Crippen LogP contribution >= 0.6 is 0 Å². The normalized spacial score (nSPS) is 17.2. The Labute approximate surface area is 186 Å². The Kier molecular flexibility index (Phi) is 6.54. The maximum absolute atomic E-state index is 12.2. The third-order valence-electron chi connectivity index (χ3n) is 6.03. The summed E-state index contributed by atoms with van der Waals surface area (Å²) < 4.78 is 5.46. The van der Waals surface area contributed by atoms with Crippen molar-refractivity contribution in [3.05, 3.63) is 71.8 Å². The first kappa shape index (κ1) is 21.6. The molecular formula is C25H26N2O5. The van der Waals surface area contributed by atoms with Crippen LogP contribution in [0, 0.1) is 5.92 Å². The molecular weight excluding hydrogens is 408 g/mol. The molecule has 2 aliphatic rings. The van der Waals surface area contributed by atoms with Crippen molar-refractivity contribution in [2.75, 3.05) is 26.2 Å². The molecule has 0 aromatic heterocycles. The number of nitrogens with one attached hydrogen (secondary N) is 1. The van der Waals surface area contributed by atoms with Crippen molar-refractivity contribution in [3.63, 3.8) is 0 Å². The van der Waals surface area contributed by atoms with Crippen molar-refractivity contribution in [2.45, 2.75) is 18.8 Å². The second-order valence-corrected chi connectivity index (χ2v) is 8.15. The number of carbonyl (C=O) groups excluding carboxylic acids is 2. The predicted octanol–water partition coefficient (Wildman–Crippen LogP) is 3.40. The molecule has 1 heterocycles. The molecule has 7 nitrogen and oxygen atoms in total. The quantitative estimate of drug-likeness (QED) is 0.651. The Morgan fingerprint density at radius 1 is 1.06 bits per heavy atom. The number of ether oxygens (including phenoxy) is 1. The number of rotatable bonds is 7. The van der Waals surface area contributed by atoms with Crippen molar-refractivity contribution in [1.82, 2.24) is 10.2 Å². The summed E-state index contributed by atoms with van der Waals surface area (Å²) in [5, 5.41) is 11.5. The molecule has 166 valence electrons. The lowest BCUT2D eigenvalue weighted by Gasteiger charge is -2.14.